The Morgan fingerprint density at radius 3 is 2.29 bits per heavy atom. The van der Waals surface area contributed by atoms with Crippen molar-refractivity contribution in [3.63, 3.8) is 0 Å². The van der Waals surface area contributed by atoms with Crippen LogP contribution in [-0.4, -0.2) is 30.5 Å². The van der Waals surface area contributed by atoms with Gasteiger partial charge in [0.25, 0.3) is 11.7 Å². The van der Waals surface area contributed by atoms with Gasteiger partial charge in [0.1, 0.15) is 17.3 Å². The Balaban J connectivity index is 1.85. The summed E-state index contributed by atoms with van der Waals surface area (Å²) < 4.78 is 11.0. The van der Waals surface area contributed by atoms with Crippen LogP contribution in [0.15, 0.2) is 84.4 Å². The van der Waals surface area contributed by atoms with Gasteiger partial charge in [-0.15, -0.1) is 0 Å². The second kappa shape index (κ2) is 9.83. The number of carbonyl (C=O) groups excluding carboxylic acids is 2. The molecule has 1 heterocycles. The van der Waals surface area contributed by atoms with E-state index in [2.05, 4.69) is 0 Å². The first-order valence-corrected chi connectivity index (χ1v) is 11.1. The van der Waals surface area contributed by atoms with Crippen LogP contribution in [0.2, 0.25) is 0 Å². The van der Waals surface area contributed by atoms with E-state index >= 15 is 0 Å². The number of para-hydroxylation sites is 1. The van der Waals surface area contributed by atoms with Gasteiger partial charge in [0.05, 0.1) is 25.3 Å². The minimum atomic E-state index is -0.798. The molecule has 34 heavy (non-hydrogen) atoms. The lowest BCUT2D eigenvalue weighted by atomic mass is 9.95. The summed E-state index contributed by atoms with van der Waals surface area (Å²) in [6, 6.07) is 22.2. The summed E-state index contributed by atoms with van der Waals surface area (Å²) in [5.74, 6) is -0.112. The maximum atomic E-state index is 13.2. The van der Waals surface area contributed by atoms with Crippen molar-refractivity contribution >= 4 is 23.1 Å². The summed E-state index contributed by atoms with van der Waals surface area (Å²) in [6.45, 7) is 4.61. The Labute approximate surface area is 199 Å². The molecule has 1 atom stereocenters. The average molecular weight is 458 g/mol. The van der Waals surface area contributed by atoms with Crippen molar-refractivity contribution in [3.05, 3.63) is 95.6 Å². The zero-order valence-electron chi connectivity index (χ0n) is 19.4. The first-order valence-electron chi connectivity index (χ1n) is 11.1. The highest BCUT2D eigenvalue weighted by Crippen LogP contribution is 2.42. The molecule has 0 spiro atoms. The zero-order valence-corrected chi connectivity index (χ0v) is 19.4. The van der Waals surface area contributed by atoms with Crippen LogP contribution in [0.3, 0.4) is 0 Å². The Morgan fingerprint density at radius 1 is 0.941 bits per heavy atom. The zero-order chi connectivity index (χ0) is 24.2. The second-order valence-corrected chi connectivity index (χ2v) is 8.51. The molecule has 1 amide bonds. The van der Waals surface area contributed by atoms with Gasteiger partial charge in [0, 0.05) is 11.3 Å². The van der Waals surface area contributed by atoms with Crippen LogP contribution in [0.4, 0.5) is 5.69 Å². The van der Waals surface area contributed by atoms with Crippen LogP contribution >= 0.6 is 0 Å². The fourth-order valence-corrected chi connectivity index (χ4v) is 3.94. The number of hydrogen-bond acceptors (Lipinski definition) is 5. The minimum Gasteiger partial charge on any atom is -0.507 e. The Kier molecular flexibility index (Phi) is 6.68. The Bertz CT molecular complexity index is 1220. The largest absolute Gasteiger partial charge is 0.507 e. The van der Waals surface area contributed by atoms with Gasteiger partial charge in [-0.3, -0.25) is 14.5 Å². The number of hydrogen-bond donors (Lipinski definition) is 1. The van der Waals surface area contributed by atoms with E-state index < -0.39 is 17.7 Å². The van der Waals surface area contributed by atoms with Crippen LogP contribution in [0.5, 0.6) is 11.5 Å². The lowest BCUT2D eigenvalue weighted by molar-refractivity contribution is -0.132. The van der Waals surface area contributed by atoms with Crippen molar-refractivity contribution in [2.24, 2.45) is 5.92 Å². The molecule has 0 radical (unpaired) electrons. The van der Waals surface area contributed by atoms with Gasteiger partial charge in [0.15, 0.2) is 0 Å². The van der Waals surface area contributed by atoms with E-state index in [1.54, 1.807) is 79.9 Å². The lowest BCUT2D eigenvalue weighted by Crippen LogP contribution is -2.29. The van der Waals surface area contributed by atoms with Gasteiger partial charge >= 0.3 is 0 Å². The number of anilines is 1. The van der Waals surface area contributed by atoms with Crippen LogP contribution in [0.1, 0.15) is 31.0 Å². The van der Waals surface area contributed by atoms with Crippen molar-refractivity contribution in [1.29, 1.82) is 0 Å². The molecule has 1 aliphatic rings. The topological polar surface area (TPSA) is 76.1 Å². The third kappa shape index (κ3) is 4.53. The molecule has 174 valence electrons. The van der Waals surface area contributed by atoms with E-state index in [0.717, 1.165) is 0 Å². The molecule has 0 bridgehead atoms. The SMILES string of the molecule is COc1ccc(C2/C(=C(/O)c3cccc(OCC(C)C)c3)C(=O)C(=O)N2c2ccccc2)cc1. The van der Waals surface area contributed by atoms with Gasteiger partial charge in [-0.1, -0.05) is 56.3 Å². The number of aliphatic hydroxyl groups is 1. The minimum absolute atomic E-state index is 0.0278. The number of ketones is 1. The molecular weight excluding hydrogens is 430 g/mol. The van der Waals surface area contributed by atoms with Crippen LogP contribution in [0.25, 0.3) is 5.76 Å². The Morgan fingerprint density at radius 2 is 1.65 bits per heavy atom. The number of carbonyl (C=O) groups is 2. The standard InChI is InChI=1S/C28H27NO5/c1-18(2)17-34-23-11-7-8-20(16-23)26(30)24-25(19-12-14-22(33-3)15-13-19)29(28(32)27(24)31)21-9-5-4-6-10-21/h4-16,18,25,30H,17H2,1-3H3/b26-24-. The van der Waals surface area contributed by atoms with Gasteiger partial charge in [-0.05, 0) is 47.9 Å². The van der Waals surface area contributed by atoms with Gasteiger partial charge in [-0.2, -0.15) is 0 Å². The summed E-state index contributed by atoms with van der Waals surface area (Å²) >= 11 is 0. The molecule has 1 saturated heterocycles. The molecule has 1 fully saturated rings. The highest BCUT2D eigenvalue weighted by molar-refractivity contribution is 6.51. The van der Waals surface area contributed by atoms with Crippen LogP contribution < -0.4 is 14.4 Å². The van der Waals surface area contributed by atoms with Crippen molar-refractivity contribution in [1.82, 2.24) is 0 Å². The summed E-state index contributed by atoms with van der Waals surface area (Å²) in [5.41, 5.74) is 1.68. The first kappa shape index (κ1) is 23.1. The second-order valence-electron chi connectivity index (χ2n) is 8.51. The predicted octanol–water partition coefficient (Wildman–Crippen LogP) is 5.36. The summed E-state index contributed by atoms with van der Waals surface area (Å²) in [7, 11) is 1.57. The lowest BCUT2D eigenvalue weighted by Gasteiger charge is -2.25. The molecule has 0 aromatic heterocycles. The Hall–Kier alpha value is -4.06. The normalized spacial score (nSPS) is 17.3. The van der Waals surface area contributed by atoms with Gasteiger partial charge < -0.3 is 14.6 Å². The highest BCUT2D eigenvalue weighted by atomic mass is 16.5. The monoisotopic (exact) mass is 457 g/mol. The van der Waals surface area contributed by atoms with E-state index in [9.17, 15) is 14.7 Å². The molecule has 3 aromatic carbocycles. The summed E-state index contributed by atoms with van der Waals surface area (Å²) in [4.78, 5) is 27.9. The number of benzene rings is 3. The molecule has 4 rings (SSSR count). The number of amides is 1. The number of nitrogens with zero attached hydrogens (tertiary/aromatic N) is 1. The van der Waals surface area contributed by atoms with E-state index in [4.69, 9.17) is 9.47 Å². The van der Waals surface area contributed by atoms with Crippen molar-refractivity contribution in [3.8, 4) is 11.5 Å². The van der Waals surface area contributed by atoms with Crippen molar-refractivity contribution < 1.29 is 24.2 Å². The number of rotatable bonds is 7. The third-order valence-electron chi connectivity index (χ3n) is 5.60. The van der Waals surface area contributed by atoms with Crippen LogP contribution in [0, 0.1) is 5.92 Å². The first-order chi connectivity index (χ1) is 16.4. The molecule has 3 aromatic rings. The number of methoxy groups -OCH3 is 1. The maximum absolute atomic E-state index is 13.2. The molecule has 1 aliphatic heterocycles. The van der Waals surface area contributed by atoms with Gasteiger partial charge in [-0.25, -0.2) is 0 Å². The maximum Gasteiger partial charge on any atom is 0.300 e. The number of ether oxygens (including phenoxy) is 2. The highest BCUT2D eigenvalue weighted by Gasteiger charge is 2.46. The molecule has 6 nitrogen and oxygen atoms in total. The van der Waals surface area contributed by atoms with E-state index in [-0.39, 0.29) is 11.3 Å². The summed E-state index contributed by atoms with van der Waals surface area (Å²) in [5, 5.41) is 11.3. The molecule has 1 unspecified atom stereocenters. The van der Waals surface area contributed by atoms with Gasteiger partial charge in [0.2, 0.25) is 0 Å². The summed E-state index contributed by atoms with van der Waals surface area (Å²) in [6.07, 6.45) is 0. The fourth-order valence-electron chi connectivity index (χ4n) is 3.94. The van der Waals surface area contributed by atoms with Crippen LogP contribution in [-0.2, 0) is 9.59 Å². The predicted molar refractivity (Wildman–Crippen MR) is 131 cm³/mol. The quantitative estimate of drug-likeness (QED) is 0.294. The average Bonchev–Trinajstić information content (AvgIpc) is 3.13. The van der Waals surface area contributed by atoms with Crippen molar-refractivity contribution in [2.45, 2.75) is 19.9 Å². The molecular formula is C28H27NO5. The molecule has 6 heteroatoms. The smallest absolute Gasteiger partial charge is 0.300 e. The number of aliphatic hydroxyl groups excluding tert-OH is 1. The molecule has 0 saturated carbocycles. The van der Waals surface area contributed by atoms with E-state index in [1.165, 1.54) is 4.90 Å². The molecule has 0 aliphatic carbocycles. The molecule has 1 N–H and O–H groups in total. The fraction of sp³-hybridized carbons (Fsp3) is 0.214. The third-order valence-corrected chi connectivity index (χ3v) is 5.60. The van der Waals surface area contributed by atoms with E-state index in [1.807, 2.05) is 19.9 Å². The van der Waals surface area contributed by atoms with Crippen molar-refractivity contribution in [2.75, 3.05) is 18.6 Å². The van der Waals surface area contributed by atoms with E-state index in [0.29, 0.717) is 40.8 Å². The number of Topliss-reactive ketones (excluding diaryl/α,β-unsaturated/α-hetero) is 1.